The van der Waals surface area contributed by atoms with Gasteiger partial charge < -0.3 is 5.73 Å². The van der Waals surface area contributed by atoms with Gasteiger partial charge in [0.05, 0.1) is 0 Å². The predicted molar refractivity (Wildman–Crippen MR) is 77.0 cm³/mol. The van der Waals surface area contributed by atoms with E-state index < -0.39 is 0 Å². The predicted octanol–water partition coefficient (Wildman–Crippen LogP) is 3.25. The summed E-state index contributed by atoms with van der Waals surface area (Å²) in [6.45, 7) is 2.13. The molecule has 0 radical (unpaired) electrons. The lowest BCUT2D eigenvalue weighted by Gasteiger charge is -2.01. The lowest BCUT2D eigenvalue weighted by Crippen LogP contribution is -2.05. The van der Waals surface area contributed by atoms with Crippen molar-refractivity contribution >= 4 is 22.8 Å². The zero-order valence-electron chi connectivity index (χ0n) is 10.5. The highest BCUT2D eigenvalue weighted by Crippen LogP contribution is 2.18. The molecular formula is C15H17NOS. The van der Waals surface area contributed by atoms with E-state index in [-0.39, 0.29) is 5.78 Å². The first-order chi connectivity index (χ1) is 8.67. The van der Waals surface area contributed by atoms with Gasteiger partial charge in [0.2, 0.25) is 0 Å². The molecular weight excluding hydrogens is 242 g/mol. The standard InChI is InChI=1S/C15H17NOS/c1-2-14-6-7-15(18-14)10-13(17)9-11-4-3-5-12(16)8-11/h3-8H,2,9-10,16H2,1H3. The van der Waals surface area contributed by atoms with Gasteiger partial charge in [-0.25, -0.2) is 0 Å². The molecule has 2 rings (SSSR count). The van der Waals surface area contributed by atoms with Crippen LogP contribution in [0.1, 0.15) is 22.2 Å². The molecule has 0 spiro atoms. The fourth-order valence-electron chi connectivity index (χ4n) is 1.89. The fourth-order valence-corrected chi connectivity index (χ4v) is 2.88. The maximum absolute atomic E-state index is 12.0. The first-order valence-electron chi connectivity index (χ1n) is 6.11. The normalized spacial score (nSPS) is 10.5. The lowest BCUT2D eigenvalue weighted by molar-refractivity contribution is -0.117. The number of ketones is 1. The molecule has 0 saturated heterocycles. The van der Waals surface area contributed by atoms with Crippen LogP contribution in [-0.2, 0) is 24.1 Å². The highest BCUT2D eigenvalue weighted by molar-refractivity contribution is 7.12. The second-order valence-corrected chi connectivity index (χ2v) is 5.61. The molecule has 94 valence electrons. The monoisotopic (exact) mass is 259 g/mol. The molecule has 1 heterocycles. The largest absolute Gasteiger partial charge is 0.399 e. The molecule has 0 aliphatic heterocycles. The minimum absolute atomic E-state index is 0.241. The van der Waals surface area contributed by atoms with Crippen molar-refractivity contribution in [1.82, 2.24) is 0 Å². The molecule has 0 amide bonds. The molecule has 0 aliphatic carbocycles. The Balaban J connectivity index is 1.96. The van der Waals surface area contributed by atoms with Gasteiger partial charge in [0, 0.05) is 28.3 Å². The summed E-state index contributed by atoms with van der Waals surface area (Å²) in [6, 6.07) is 11.7. The summed E-state index contributed by atoms with van der Waals surface area (Å²) in [7, 11) is 0. The number of benzene rings is 1. The van der Waals surface area contributed by atoms with Crippen molar-refractivity contribution in [3.05, 3.63) is 51.7 Å². The first-order valence-corrected chi connectivity index (χ1v) is 6.92. The molecule has 0 aliphatic rings. The highest BCUT2D eigenvalue weighted by Gasteiger charge is 2.07. The first kappa shape index (κ1) is 12.8. The van der Waals surface area contributed by atoms with Crippen LogP contribution in [0, 0.1) is 0 Å². The highest BCUT2D eigenvalue weighted by atomic mass is 32.1. The van der Waals surface area contributed by atoms with Crippen LogP contribution in [0.25, 0.3) is 0 Å². The number of nitrogens with two attached hydrogens (primary N) is 1. The Morgan fingerprint density at radius 2 is 1.94 bits per heavy atom. The molecule has 0 fully saturated rings. The summed E-state index contributed by atoms with van der Waals surface area (Å²) in [5, 5.41) is 0. The summed E-state index contributed by atoms with van der Waals surface area (Å²) < 4.78 is 0. The molecule has 0 bridgehead atoms. The van der Waals surface area contributed by atoms with E-state index in [1.165, 1.54) is 4.88 Å². The lowest BCUT2D eigenvalue weighted by atomic mass is 10.1. The summed E-state index contributed by atoms with van der Waals surface area (Å²) in [5.41, 5.74) is 7.40. The molecule has 0 unspecified atom stereocenters. The molecule has 1 aromatic carbocycles. The Hall–Kier alpha value is -1.61. The van der Waals surface area contributed by atoms with Crippen LogP contribution in [0.4, 0.5) is 5.69 Å². The van der Waals surface area contributed by atoms with Gasteiger partial charge in [-0.15, -0.1) is 11.3 Å². The molecule has 1 aromatic heterocycles. The number of Topliss-reactive ketones (excluding diaryl/α,β-unsaturated/α-hetero) is 1. The Labute approximate surface area is 111 Å². The van der Waals surface area contributed by atoms with Gasteiger partial charge in [0.25, 0.3) is 0 Å². The van der Waals surface area contributed by atoms with Gasteiger partial charge in [-0.1, -0.05) is 19.1 Å². The number of carbonyl (C=O) groups excluding carboxylic acids is 1. The number of hydrogen-bond acceptors (Lipinski definition) is 3. The minimum atomic E-state index is 0.241. The Bertz CT molecular complexity index is 545. The Morgan fingerprint density at radius 1 is 1.17 bits per heavy atom. The van der Waals surface area contributed by atoms with Crippen molar-refractivity contribution in [2.75, 3.05) is 5.73 Å². The molecule has 2 nitrogen and oxygen atoms in total. The van der Waals surface area contributed by atoms with Crippen molar-refractivity contribution in [2.45, 2.75) is 26.2 Å². The molecule has 0 saturated carbocycles. The van der Waals surface area contributed by atoms with Crippen molar-refractivity contribution in [2.24, 2.45) is 0 Å². The Morgan fingerprint density at radius 3 is 2.61 bits per heavy atom. The smallest absolute Gasteiger partial charge is 0.142 e. The maximum atomic E-state index is 12.0. The second kappa shape index (κ2) is 5.83. The summed E-state index contributed by atoms with van der Waals surface area (Å²) >= 11 is 1.73. The van der Waals surface area contributed by atoms with E-state index in [2.05, 4.69) is 19.1 Å². The third kappa shape index (κ3) is 3.44. The number of rotatable bonds is 5. The SMILES string of the molecule is CCc1ccc(CC(=O)Cc2cccc(N)c2)s1. The van der Waals surface area contributed by atoms with E-state index in [4.69, 9.17) is 5.73 Å². The van der Waals surface area contributed by atoms with Gasteiger partial charge in [0.15, 0.2) is 0 Å². The van der Waals surface area contributed by atoms with Crippen LogP contribution < -0.4 is 5.73 Å². The topological polar surface area (TPSA) is 43.1 Å². The number of nitrogen functional groups attached to an aromatic ring is 1. The maximum Gasteiger partial charge on any atom is 0.142 e. The van der Waals surface area contributed by atoms with Crippen LogP contribution in [0.3, 0.4) is 0 Å². The number of aryl methyl sites for hydroxylation is 1. The van der Waals surface area contributed by atoms with Crippen molar-refractivity contribution in [1.29, 1.82) is 0 Å². The van der Waals surface area contributed by atoms with E-state index in [9.17, 15) is 4.79 Å². The van der Waals surface area contributed by atoms with Crippen molar-refractivity contribution in [3.63, 3.8) is 0 Å². The third-order valence-corrected chi connectivity index (χ3v) is 4.02. The van der Waals surface area contributed by atoms with Crippen LogP contribution in [0.2, 0.25) is 0 Å². The van der Waals surface area contributed by atoms with Gasteiger partial charge in [-0.05, 0) is 36.2 Å². The number of hydrogen-bond donors (Lipinski definition) is 1. The molecule has 0 atom stereocenters. The molecule has 18 heavy (non-hydrogen) atoms. The number of thiophene rings is 1. The van der Waals surface area contributed by atoms with Gasteiger partial charge in [0.1, 0.15) is 5.78 Å². The van der Waals surface area contributed by atoms with Crippen LogP contribution in [0.15, 0.2) is 36.4 Å². The zero-order valence-corrected chi connectivity index (χ0v) is 11.3. The second-order valence-electron chi connectivity index (χ2n) is 4.36. The van der Waals surface area contributed by atoms with Crippen LogP contribution >= 0.6 is 11.3 Å². The molecule has 2 aromatic rings. The number of anilines is 1. The van der Waals surface area contributed by atoms with Crippen LogP contribution in [0.5, 0.6) is 0 Å². The van der Waals surface area contributed by atoms with E-state index in [0.717, 1.165) is 16.9 Å². The van der Waals surface area contributed by atoms with Gasteiger partial charge in [-0.3, -0.25) is 4.79 Å². The van der Waals surface area contributed by atoms with Gasteiger partial charge >= 0.3 is 0 Å². The minimum Gasteiger partial charge on any atom is -0.399 e. The average Bonchev–Trinajstić information content (AvgIpc) is 2.76. The van der Waals surface area contributed by atoms with E-state index in [1.807, 2.05) is 24.3 Å². The van der Waals surface area contributed by atoms with E-state index in [1.54, 1.807) is 11.3 Å². The third-order valence-electron chi connectivity index (χ3n) is 2.79. The van der Waals surface area contributed by atoms with Gasteiger partial charge in [-0.2, -0.15) is 0 Å². The zero-order chi connectivity index (χ0) is 13.0. The van der Waals surface area contributed by atoms with E-state index >= 15 is 0 Å². The molecule has 3 heteroatoms. The van der Waals surface area contributed by atoms with E-state index in [0.29, 0.717) is 18.5 Å². The summed E-state index contributed by atoms with van der Waals surface area (Å²) in [6.07, 6.45) is 2.03. The van der Waals surface area contributed by atoms with Crippen LogP contribution in [-0.4, -0.2) is 5.78 Å². The quantitative estimate of drug-likeness (QED) is 0.838. The van der Waals surface area contributed by atoms with Crippen molar-refractivity contribution < 1.29 is 4.79 Å². The number of carbonyl (C=O) groups is 1. The van der Waals surface area contributed by atoms with Crippen molar-refractivity contribution in [3.8, 4) is 0 Å². The average molecular weight is 259 g/mol. The summed E-state index contributed by atoms with van der Waals surface area (Å²) in [4.78, 5) is 14.4. The fraction of sp³-hybridized carbons (Fsp3) is 0.267. The Kier molecular flexibility index (Phi) is 4.15. The summed E-state index contributed by atoms with van der Waals surface area (Å²) in [5.74, 6) is 0.241. The molecule has 2 N–H and O–H groups in total.